The Morgan fingerprint density at radius 2 is 1.76 bits per heavy atom. The van der Waals surface area contributed by atoms with Gasteiger partial charge >= 0.3 is 18.1 Å². The fourth-order valence-electron chi connectivity index (χ4n) is 3.06. The molecule has 2 rings (SSSR count). The Morgan fingerprint density at radius 3 is 2.45 bits per heavy atom. The lowest BCUT2D eigenvalue weighted by Crippen LogP contribution is -2.48. The topological polar surface area (TPSA) is 188 Å². The summed E-state index contributed by atoms with van der Waals surface area (Å²) in [6.07, 6.45) is 4.85. The van der Waals surface area contributed by atoms with Gasteiger partial charge in [0.2, 0.25) is 0 Å². The van der Waals surface area contributed by atoms with Gasteiger partial charge in [0.25, 0.3) is 5.91 Å². The van der Waals surface area contributed by atoms with Crippen molar-refractivity contribution in [1.29, 1.82) is 0 Å². The van der Waals surface area contributed by atoms with Crippen LogP contribution < -0.4 is 26.0 Å². The summed E-state index contributed by atoms with van der Waals surface area (Å²) in [6.45, 7) is 2.37. The predicted molar refractivity (Wildman–Crippen MR) is 136 cm³/mol. The van der Waals surface area contributed by atoms with Gasteiger partial charge in [-0.1, -0.05) is 19.8 Å². The zero-order valence-electron chi connectivity index (χ0n) is 21.1. The van der Waals surface area contributed by atoms with Gasteiger partial charge in [-0.05, 0) is 36.2 Å². The van der Waals surface area contributed by atoms with Crippen molar-refractivity contribution in [2.45, 2.75) is 38.8 Å². The molecule has 1 aromatic heterocycles. The summed E-state index contributed by atoms with van der Waals surface area (Å²) >= 11 is 0. The minimum atomic E-state index is -1.42. The number of aliphatic carboxylic acids is 1. The maximum absolute atomic E-state index is 12.4. The van der Waals surface area contributed by atoms with Gasteiger partial charge in [-0.3, -0.25) is 9.78 Å². The fourth-order valence-corrected chi connectivity index (χ4v) is 3.06. The van der Waals surface area contributed by atoms with Crippen molar-refractivity contribution in [3.63, 3.8) is 0 Å². The largest absolute Gasteiger partial charge is 0.507 e. The highest BCUT2D eigenvalue weighted by Crippen LogP contribution is 2.23. The summed E-state index contributed by atoms with van der Waals surface area (Å²) in [6, 6.07) is 5.75. The van der Waals surface area contributed by atoms with E-state index < -0.39 is 36.3 Å². The molecule has 0 saturated carbocycles. The fraction of sp³-hybridized carbons (Fsp3) is 0.400. The standard InChI is InChI=1S/C25H33N5O8/c1-2-3-4-12-38-25(36)30-20(23(33)34)16-28-22(32)19-6-5-18(14-21(19)31)37-13-11-27-24(35)29-15-17-7-9-26-10-8-17/h5-10,14,20,31H,2-4,11-13,15-16H2,1H3,(H,28,32)(H,30,36)(H,33,34)(H2,27,29,35)/t20-/m0/s1. The number of aromatic hydroxyl groups is 1. The van der Waals surface area contributed by atoms with Gasteiger partial charge in [0, 0.05) is 31.5 Å². The Labute approximate surface area is 219 Å². The summed E-state index contributed by atoms with van der Waals surface area (Å²) in [5.41, 5.74) is 0.790. The summed E-state index contributed by atoms with van der Waals surface area (Å²) in [7, 11) is 0. The van der Waals surface area contributed by atoms with Crippen LogP contribution in [-0.4, -0.2) is 71.5 Å². The van der Waals surface area contributed by atoms with Crippen molar-refractivity contribution in [2.24, 2.45) is 0 Å². The number of nitrogens with one attached hydrogen (secondary N) is 4. The van der Waals surface area contributed by atoms with Crippen LogP contribution in [0.2, 0.25) is 0 Å². The van der Waals surface area contributed by atoms with Crippen molar-refractivity contribution >= 4 is 24.0 Å². The molecule has 6 N–H and O–H groups in total. The third-order valence-electron chi connectivity index (χ3n) is 5.11. The van der Waals surface area contributed by atoms with Crippen LogP contribution in [0.1, 0.15) is 42.1 Å². The molecule has 13 nitrogen and oxygen atoms in total. The predicted octanol–water partition coefficient (Wildman–Crippen LogP) is 1.76. The molecule has 1 atom stereocenters. The lowest BCUT2D eigenvalue weighted by atomic mass is 10.1. The maximum Gasteiger partial charge on any atom is 0.407 e. The van der Waals surface area contributed by atoms with Crippen LogP contribution in [0.4, 0.5) is 9.59 Å². The van der Waals surface area contributed by atoms with Gasteiger partial charge in [0.1, 0.15) is 24.1 Å². The molecule has 0 unspecified atom stereocenters. The number of carboxylic acids is 1. The highest BCUT2D eigenvalue weighted by atomic mass is 16.5. The van der Waals surface area contributed by atoms with E-state index in [-0.39, 0.29) is 37.1 Å². The number of aromatic nitrogens is 1. The van der Waals surface area contributed by atoms with Gasteiger partial charge in [-0.2, -0.15) is 0 Å². The number of hydrogen-bond acceptors (Lipinski definition) is 8. The number of phenols is 1. The monoisotopic (exact) mass is 531 g/mol. The number of nitrogens with zero attached hydrogens (tertiary/aromatic N) is 1. The number of urea groups is 1. The Balaban J connectivity index is 1.74. The maximum atomic E-state index is 12.4. The zero-order valence-corrected chi connectivity index (χ0v) is 21.1. The number of carbonyl (C=O) groups is 4. The zero-order chi connectivity index (χ0) is 27.8. The number of pyridine rings is 1. The molecule has 4 amide bonds. The van der Waals surface area contributed by atoms with E-state index in [4.69, 9.17) is 9.47 Å². The van der Waals surface area contributed by atoms with Gasteiger partial charge in [-0.15, -0.1) is 0 Å². The second kappa shape index (κ2) is 16.2. The molecular formula is C25H33N5O8. The number of hydrogen-bond donors (Lipinski definition) is 6. The molecule has 13 heteroatoms. The number of carbonyl (C=O) groups excluding carboxylic acids is 3. The van der Waals surface area contributed by atoms with E-state index in [2.05, 4.69) is 26.3 Å². The van der Waals surface area contributed by atoms with Gasteiger partial charge in [0.15, 0.2) is 0 Å². The molecule has 0 spiro atoms. The van der Waals surface area contributed by atoms with E-state index in [0.29, 0.717) is 13.0 Å². The second-order valence-electron chi connectivity index (χ2n) is 8.08. The van der Waals surface area contributed by atoms with E-state index in [1.807, 2.05) is 6.92 Å². The SMILES string of the molecule is CCCCCOC(=O)N[C@@H](CNC(=O)c1ccc(OCCNC(=O)NCc2ccncc2)cc1O)C(=O)O. The normalized spacial score (nSPS) is 11.1. The van der Waals surface area contributed by atoms with Crippen molar-refractivity contribution in [3.8, 4) is 11.5 Å². The van der Waals surface area contributed by atoms with Crippen LogP contribution >= 0.6 is 0 Å². The first kappa shape index (κ1) is 29.7. The Hall–Kier alpha value is -4.55. The minimum absolute atomic E-state index is 0.105. The first-order valence-electron chi connectivity index (χ1n) is 12.1. The minimum Gasteiger partial charge on any atom is -0.507 e. The molecule has 206 valence electrons. The number of rotatable bonds is 15. The first-order chi connectivity index (χ1) is 18.3. The number of amides is 4. The van der Waals surface area contributed by atoms with Gasteiger partial charge in [-0.25, -0.2) is 14.4 Å². The molecule has 0 aliphatic heterocycles. The van der Waals surface area contributed by atoms with E-state index in [1.165, 1.54) is 18.2 Å². The van der Waals surface area contributed by atoms with Crippen LogP contribution in [0.15, 0.2) is 42.7 Å². The molecule has 0 saturated heterocycles. The summed E-state index contributed by atoms with van der Waals surface area (Å²) in [5.74, 6) is -2.23. The Morgan fingerprint density at radius 1 is 1.00 bits per heavy atom. The van der Waals surface area contributed by atoms with Crippen LogP contribution in [0.25, 0.3) is 0 Å². The summed E-state index contributed by atoms with van der Waals surface area (Å²) in [4.78, 5) is 51.4. The molecule has 1 heterocycles. The van der Waals surface area contributed by atoms with E-state index in [9.17, 15) is 29.4 Å². The Bertz CT molecular complexity index is 1070. The summed E-state index contributed by atoms with van der Waals surface area (Å²) in [5, 5.41) is 29.4. The molecule has 1 aromatic carbocycles. The number of benzene rings is 1. The summed E-state index contributed by atoms with van der Waals surface area (Å²) < 4.78 is 10.4. The van der Waals surface area contributed by atoms with Gasteiger partial charge in [0.05, 0.1) is 18.7 Å². The molecule has 0 radical (unpaired) electrons. The highest BCUT2D eigenvalue weighted by molar-refractivity contribution is 5.97. The molecule has 0 aliphatic rings. The quantitative estimate of drug-likeness (QED) is 0.186. The van der Waals surface area contributed by atoms with E-state index in [0.717, 1.165) is 18.4 Å². The molecule has 2 aromatic rings. The van der Waals surface area contributed by atoms with Crippen LogP contribution in [0.3, 0.4) is 0 Å². The van der Waals surface area contributed by atoms with E-state index in [1.54, 1.807) is 24.5 Å². The smallest absolute Gasteiger partial charge is 0.407 e. The average molecular weight is 532 g/mol. The third kappa shape index (κ3) is 11.0. The lowest BCUT2D eigenvalue weighted by Gasteiger charge is -2.16. The second-order valence-corrected chi connectivity index (χ2v) is 8.08. The Kier molecular flexibility index (Phi) is 12.7. The van der Waals surface area contributed by atoms with Crippen molar-refractivity contribution in [1.82, 2.24) is 26.3 Å². The van der Waals surface area contributed by atoms with Crippen molar-refractivity contribution in [2.75, 3.05) is 26.3 Å². The van der Waals surface area contributed by atoms with Crippen LogP contribution in [0.5, 0.6) is 11.5 Å². The molecule has 0 aliphatic carbocycles. The van der Waals surface area contributed by atoms with Crippen molar-refractivity contribution in [3.05, 3.63) is 53.9 Å². The number of ether oxygens (including phenoxy) is 2. The molecule has 0 fully saturated rings. The third-order valence-corrected chi connectivity index (χ3v) is 5.11. The van der Waals surface area contributed by atoms with Gasteiger partial charge < -0.3 is 41.0 Å². The van der Waals surface area contributed by atoms with Crippen LogP contribution in [0, 0.1) is 0 Å². The first-order valence-corrected chi connectivity index (χ1v) is 12.1. The number of alkyl carbamates (subject to hydrolysis) is 1. The number of carboxylic acid groups (broad SMARTS) is 1. The average Bonchev–Trinajstić information content (AvgIpc) is 2.90. The molecule has 0 bridgehead atoms. The van der Waals surface area contributed by atoms with Crippen molar-refractivity contribution < 1.29 is 38.9 Å². The highest BCUT2D eigenvalue weighted by Gasteiger charge is 2.22. The number of unbranched alkanes of at least 4 members (excludes halogenated alkanes) is 2. The molecule has 38 heavy (non-hydrogen) atoms. The number of phenolic OH excluding ortho intramolecular Hbond substituents is 1. The van der Waals surface area contributed by atoms with E-state index >= 15 is 0 Å². The van der Waals surface area contributed by atoms with Crippen LogP contribution in [-0.2, 0) is 16.1 Å². The molecular weight excluding hydrogens is 498 g/mol. The lowest BCUT2D eigenvalue weighted by molar-refractivity contribution is -0.139.